The fourth-order valence-corrected chi connectivity index (χ4v) is 3.21. The van der Waals surface area contributed by atoms with Gasteiger partial charge in [-0.1, -0.05) is 36.4 Å². The highest BCUT2D eigenvalue weighted by atomic mass is 16.5. The second-order valence-corrected chi connectivity index (χ2v) is 7.74. The van der Waals surface area contributed by atoms with Crippen molar-refractivity contribution in [3.63, 3.8) is 0 Å². The lowest BCUT2D eigenvalue weighted by Gasteiger charge is -2.13. The van der Waals surface area contributed by atoms with Gasteiger partial charge in [0.1, 0.15) is 12.4 Å². The summed E-state index contributed by atoms with van der Waals surface area (Å²) in [6.07, 6.45) is 0. The zero-order valence-corrected chi connectivity index (χ0v) is 20.3. The lowest BCUT2D eigenvalue weighted by atomic mass is 10.2. The van der Waals surface area contributed by atoms with Gasteiger partial charge >= 0.3 is 5.97 Å². The Bertz CT molecular complexity index is 1210. The van der Waals surface area contributed by atoms with E-state index in [9.17, 15) is 14.4 Å². The molecule has 0 fully saturated rings. The second-order valence-electron chi connectivity index (χ2n) is 7.74. The third-order valence-electron chi connectivity index (χ3n) is 5.05. The number of carbonyl (C=O) groups is 3. The smallest absolute Gasteiger partial charge is 0.338 e. The van der Waals surface area contributed by atoms with Crippen molar-refractivity contribution in [2.24, 2.45) is 0 Å². The van der Waals surface area contributed by atoms with Crippen molar-refractivity contribution in [1.29, 1.82) is 0 Å². The molecule has 0 radical (unpaired) electrons. The summed E-state index contributed by atoms with van der Waals surface area (Å²) in [6, 6.07) is 19.6. The Balaban J connectivity index is 1.47. The minimum absolute atomic E-state index is 0.191. The molecule has 0 saturated carbocycles. The number of hydrogen-bond acceptors (Lipinski definition) is 7. The summed E-state index contributed by atoms with van der Waals surface area (Å²) >= 11 is 0. The number of amides is 2. The number of carbonyl (C=O) groups excluding carboxylic acids is 3. The van der Waals surface area contributed by atoms with Crippen LogP contribution in [0.5, 0.6) is 17.2 Å². The van der Waals surface area contributed by atoms with Gasteiger partial charge in [0.25, 0.3) is 5.91 Å². The average Bonchev–Trinajstić information content (AvgIpc) is 2.90. The minimum atomic E-state index is -0.716. The molecule has 0 unspecified atom stereocenters. The van der Waals surface area contributed by atoms with Gasteiger partial charge in [-0.3, -0.25) is 9.59 Å². The molecule has 0 bridgehead atoms. The molecule has 9 heteroatoms. The highest BCUT2D eigenvalue weighted by Crippen LogP contribution is 2.29. The molecule has 36 heavy (non-hydrogen) atoms. The van der Waals surface area contributed by atoms with Gasteiger partial charge in [-0.25, -0.2) is 4.79 Å². The topological polar surface area (TPSA) is 112 Å². The largest absolute Gasteiger partial charge is 0.495 e. The number of esters is 1. The summed E-state index contributed by atoms with van der Waals surface area (Å²) in [6.45, 7) is 1.38. The van der Waals surface area contributed by atoms with E-state index in [0.717, 1.165) is 11.1 Å². The Morgan fingerprint density at radius 3 is 2.25 bits per heavy atom. The molecular formula is C27H28N2O7. The quantitative estimate of drug-likeness (QED) is 0.394. The number of methoxy groups -OCH3 is 2. The van der Waals surface area contributed by atoms with Crippen molar-refractivity contribution >= 4 is 23.5 Å². The lowest BCUT2D eigenvalue weighted by Crippen LogP contribution is -2.35. The molecule has 3 aromatic rings. The maximum Gasteiger partial charge on any atom is 0.338 e. The molecule has 0 saturated heterocycles. The van der Waals surface area contributed by atoms with Crippen LogP contribution in [0.1, 0.15) is 21.5 Å². The number of hydrogen-bond donors (Lipinski definition) is 2. The molecule has 2 N–H and O–H groups in total. The van der Waals surface area contributed by atoms with Crippen molar-refractivity contribution in [3.05, 3.63) is 83.4 Å². The van der Waals surface area contributed by atoms with Crippen LogP contribution < -0.4 is 24.8 Å². The van der Waals surface area contributed by atoms with Crippen LogP contribution in [-0.2, 0) is 20.9 Å². The first-order chi connectivity index (χ1) is 17.4. The zero-order chi connectivity index (χ0) is 25.9. The molecule has 3 aromatic carbocycles. The van der Waals surface area contributed by atoms with E-state index >= 15 is 0 Å². The van der Waals surface area contributed by atoms with Crippen molar-refractivity contribution in [1.82, 2.24) is 5.32 Å². The number of benzene rings is 3. The van der Waals surface area contributed by atoms with Crippen molar-refractivity contribution in [2.45, 2.75) is 13.5 Å². The van der Waals surface area contributed by atoms with Crippen LogP contribution in [0.4, 0.5) is 5.69 Å². The molecule has 0 atom stereocenters. The molecular weight excluding hydrogens is 464 g/mol. The number of aryl methyl sites for hydroxylation is 1. The Morgan fingerprint density at radius 1 is 0.806 bits per heavy atom. The maximum absolute atomic E-state index is 12.4. The van der Waals surface area contributed by atoms with E-state index in [1.165, 1.54) is 26.4 Å². The third kappa shape index (κ3) is 7.49. The van der Waals surface area contributed by atoms with Crippen LogP contribution in [-0.4, -0.2) is 45.2 Å². The summed E-state index contributed by atoms with van der Waals surface area (Å²) in [5, 5.41) is 5.09. The van der Waals surface area contributed by atoms with Gasteiger partial charge in [0.05, 0.1) is 32.0 Å². The van der Waals surface area contributed by atoms with Gasteiger partial charge in [-0.2, -0.15) is 0 Å². The molecule has 0 aliphatic carbocycles. The summed E-state index contributed by atoms with van der Waals surface area (Å²) in [4.78, 5) is 36.7. The monoisotopic (exact) mass is 492 g/mol. The fraction of sp³-hybridized carbons (Fsp3) is 0.222. The highest BCUT2D eigenvalue weighted by molar-refractivity contribution is 5.96. The van der Waals surface area contributed by atoms with Gasteiger partial charge in [0.2, 0.25) is 5.91 Å². The van der Waals surface area contributed by atoms with Gasteiger partial charge in [-0.05, 0) is 48.4 Å². The first-order valence-electron chi connectivity index (χ1n) is 11.1. The van der Waals surface area contributed by atoms with Crippen LogP contribution in [0, 0.1) is 6.92 Å². The summed E-state index contributed by atoms with van der Waals surface area (Å²) in [5.41, 5.74) is 2.61. The van der Waals surface area contributed by atoms with E-state index in [1.807, 2.05) is 43.3 Å². The van der Waals surface area contributed by atoms with Crippen molar-refractivity contribution in [3.8, 4) is 17.2 Å². The standard InChI is InChI=1S/C27H28N2O7/c1-18-9-11-22(33-2)21(13-18)29-25(30)15-28-26(31)17-36-27(32)20-10-12-23(24(14-20)34-3)35-16-19-7-5-4-6-8-19/h4-14H,15-17H2,1-3H3,(H,28,31)(H,29,30). The molecule has 0 aromatic heterocycles. The van der Waals surface area contributed by atoms with Crippen LogP contribution in [0.15, 0.2) is 66.7 Å². The number of rotatable bonds is 11. The zero-order valence-electron chi connectivity index (χ0n) is 20.3. The van der Waals surface area contributed by atoms with Crippen LogP contribution in [0.3, 0.4) is 0 Å². The third-order valence-corrected chi connectivity index (χ3v) is 5.05. The molecule has 0 spiro atoms. The van der Waals surface area contributed by atoms with Crippen molar-refractivity contribution < 1.29 is 33.3 Å². The molecule has 188 valence electrons. The molecule has 2 amide bonds. The summed E-state index contributed by atoms with van der Waals surface area (Å²) in [5.74, 6) is -0.466. The van der Waals surface area contributed by atoms with Gasteiger partial charge in [0.15, 0.2) is 18.1 Å². The van der Waals surface area contributed by atoms with E-state index in [4.69, 9.17) is 18.9 Å². The maximum atomic E-state index is 12.4. The molecule has 0 aliphatic heterocycles. The fourth-order valence-electron chi connectivity index (χ4n) is 3.21. The van der Waals surface area contributed by atoms with E-state index in [2.05, 4.69) is 10.6 Å². The molecule has 0 aliphatic rings. The summed E-state index contributed by atoms with van der Waals surface area (Å²) < 4.78 is 21.4. The van der Waals surface area contributed by atoms with Crippen LogP contribution >= 0.6 is 0 Å². The van der Waals surface area contributed by atoms with Crippen LogP contribution in [0.2, 0.25) is 0 Å². The van der Waals surface area contributed by atoms with Gasteiger partial charge < -0.3 is 29.6 Å². The van der Waals surface area contributed by atoms with Gasteiger partial charge in [-0.15, -0.1) is 0 Å². The first kappa shape index (κ1) is 26.1. The lowest BCUT2D eigenvalue weighted by molar-refractivity contribution is -0.126. The van der Waals surface area contributed by atoms with Crippen LogP contribution in [0.25, 0.3) is 0 Å². The normalized spacial score (nSPS) is 10.2. The first-order valence-corrected chi connectivity index (χ1v) is 11.1. The average molecular weight is 493 g/mol. The number of ether oxygens (including phenoxy) is 4. The van der Waals surface area contributed by atoms with E-state index < -0.39 is 24.4 Å². The van der Waals surface area contributed by atoms with E-state index in [1.54, 1.807) is 18.2 Å². The second kappa shape index (κ2) is 12.8. The molecule has 0 heterocycles. The Morgan fingerprint density at radius 2 is 1.53 bits per heavy atom. The Kier molecular flexibility index (Phi) is 9.27. The number of anilines is 1. The van der Waals surface area contributed by atoms with E-state index in [0.29, 0.717) is 29.5 Å². The van der Waals surface area contributed by atoms with Crippen molar-refractivity contribution in [2.75, 3.05) is 32.7 Å². The van der Waals surface area contributed by atoms with Gasteiger partial charge in [0, 0.05) is 0 Å². The SMILES string of the molecule is COc1ccc(C)cc1NC(=O)CNC(=O)COC(=O)c1ccc(OCc2ccccc2)c(OC)c1. The minimum Gasteiger partial charge on any atom is -0.495 e. The Hall–Kier alpha value is -4.53. The molecule has 9 nitrogen and oxygen atoms in total. The Labute approximate surface area is 209 Å². The predicted octanol–water partition coefficient (Wildman–Crippen LogP) is 3.50. The molecule has 3 rings (SSSR count). The summed E-state index contributed by atoms with van der Waals surface area (Å²) in [7, 11) is 2.96. The number of nitrogens with one attached hydrogen (secondary N) is 2. The highest BCUT2D eigenvalue weighted by Gasteiger charge is 2.15. The predicted molar refractivity (Wildman–Crippen MR) is 133 cm³/mol. The van der Waals surface area contributed by atoms with E-state index in [-0.39, 0.29) is 12.1 Å².